The van der Waals surface area contributed by atoms with Crippen molar-refractivity contribution in [1.29, 1.82) is 0 Å². The lowest BCUT2D eigenvalue weighted by atomic mass is 10.0. The Morgan fingerprint density at radius 1 is 1.04 bits per heavy atom. The third kappa shape index (κ3) is 4.17. The van der Waals surface area contributed by atoms with E-state index in [-0.39, 0.29) is 22.4 Å². The quantitative estimate of drug-likeness (QED) is 0.585. The fourth-order valence-corrected chi connectivity index (χ4v) is 4.43. The molecule has 1 aromatic heterocycles. The summed E-state index contributed by atoms with van der Waals surface area (Å²) in [5.74, 6) is 0.478. The largest absolute Gasteiger partial charge is 0.495 e. The molecule has 0 spiro atoms. The predicted octanol–water partition coefficient (Wildman–Crippen LogP) is 4.48. The first-order chi connectivity index (χ1) is 13.4. The molecule has 0 atom stereocenters. The van der Waals surface area contributed by atoms with Gasteiger partial charge in [0.15, 0.2) is 15.0 Å². The number of nitrogens with one attached hydrogen (secondary N) is 1. The van der Waals surface area contributed by atoms with Gasteiger partial charge in [-0.15, -0.1) is 0 Å². The van der Waals surface area contributed by atoms with Gasteiger partial charge in [-0.25, -0.2) is 8.42 Å². The molecule has 1 N–H and O–H groups in total. The van der Waals surface area contributed by atoms with E-state index in [9.17, 15) is 8.42 Å². The van der Waals surface area contributed by atoms with Crippen LogP contribution in [0, 0.1) is 0 Å². The summed E-state index contributed by atoms with van der Waals surface area (Å²) >= 11 is 12.5. The molecule has 1 heterocycles. The van der Waals surface area contributed by atoms with Crippen LogP contribution >= 0.6 is 23.2 Å². The monoisotopic (exact) mass is 440 g/mol. The predicted molar refractivity (Wildman–Crippen MR) is 110 cm³/mol. The third-order valence-electron chi connectivity index (χ3n) is 4.22. The Morgan fingerprint density at radius 2 is 1.71 bits per heavy atom. The summed E-state index contributed by atoms with van der Waals surface area (Å²) in [7, 11) is -0.393. The Kier molecular flexibility index (Phi) is 6.30. The first-order valence-corrected chi connectivity index (χ1v) is 10.7. The number of hydrogen-bond acceptors (Lipinski definition) is 5. The maximum absolute atomic E-state index is 12.3. The Morgan fingerprint density at radius 3 is 2.32 bits per heavy atom. The van der Waals surface area contributed by atoms with Gasteiger partial charge in [0.05, 0.1) is 35.1 Å². The van der Waals surface area contributed by atoms with Crippen LogP contribution in [-0.4, -0.2) is 45.2 Å². The fourth-order valence-electron chi connectivity index (χ4n) is 2.75. The molecule has 0 aliphatic heterocycles. The van der Waals surface area contributed by atoms with Crippen molar-refractivity contribution in [2.24, 2.45) is 0 Å². The Hall–Kier alpha value is -2.06. The number of aromatic amines is 1. The van der Waals surface area contributed by atoms with E-state index in [0.717, 1.165) is 11.1 Å². The summed E-state index contributed by atoms with van der Waals surface area (Å²) in [5.41, 5.74) is 2.83. The van der Waals surface area contributed by atoms with Crippen molar-refractivity contribution in [3.8, 4) is 28.1 Å². The van der Waals surface area contributed by atoms with E-state index in [4.69, 9.17) is 32.7 Å². The molecule has 0 aliphatic carbocycles. The van der Waals surface area contributed by atoms with Crippen LogP contribution in [0.4, 0.5) is 0 Å². The van der Waals surface area contributed by atoms with Gasteiger partial charge >= 0.3 is 0 Å². The molecule has 3 aromatic rings. The average molecular weight is 441 g/mol. The third-order valence-corrected chi connectivity index (χ3v) is 6.48. The van der Waals surface area contributed by atoms with Gasteiger partial charge in [-0.2, -0.15) is 5.10 Å². The van der Waals surface area contributed by atoms with Gasteiger partial charge in [0.2, 0.25) is 0 Å². The molecule has 6 nitrogen and oxygen atoms in total. The van der Waals surface area contributed by atoms with Crippen molar-refractivity contribution in [1.82, 2.24) is 10.2 Å². The molecule has 0 unspecified atom stereocenters. The Balaban J connectivity index is 1.99. The zero-order valence-corrected chi connectivity index (χ0v) is 17.5. The number of methoxy groups -OCH3 is 2. The van der Waals surface area contributed by atoms with E-state index in [1.807, 2.05) is 6.07 Å². The van der Waals surface area contributed by atoms with Crippen LogP contribution < -0.4 is 4.74 Å². The number of hydrogen-bond donors (Lipinski definition) is 1. The lowest BCUT2D eigenvalue weighted by Crippen LogP contribution is -2.11. The van der Waals surface area contributed by atoms with Crippen molar-refractivity contribution in [2.75, 3.05) is 26.6 Å². The van der Waals surface area contributed by atoms with E-state index < -0.39 is 9.84 Å². The van der Waals surface area contributed by atoms with E-state index in [1.165, 1.54) is 7.11 Å². The molecule has 28 heavy (non-hydrogen) atoms. The average Bonchev–Trinajstić information content (AvgIpc) is 3.08. The van der Waals surface area contributed by atoms with Gasteiger partial charge in [0.1, 0.15) is 5.75 Å². The molecule has 2 aromatic carbocycles. The van der Waals surface area contributed by atoms with Crippen molar-refractivity contribution in [3.05, 3.63) is 52.6 Å². The maximum Gasteiger partial charge on any atom is 0.180 e. The summed E-state index contributed by atoms with van der Waals surface area (Å²) in [6, 6.07) is 11.8. The fraction of sp³-hybridized carbons (Fsp3) is 0.211. The van der Waals surface area contributed by atoms with E-state index in [0.29, 0.717) is 22.0 Å². The van der Waals surface area contributed by atoms with Gasteiger partial charge in [0.25, 0.3) is 0 Å². The molecule has 0 fully saturated rings. The minimum Gasteiger partial charge on any atom is -0.495 e. The molecule has 0 saturated heterocycles. The van der Waals surface area contributed by atoms with Crippen LogP contribution in [0.2, 0.25) is 10.2 Å². The van der Waals surface area contributed by atoms with Gasteiger partial charge in [-0.05, 0) is 29.8 Å². The highest BCUT2D eigenvalue weighted by Crippen LogP contribution is 2.38. The van der Waals surface area contributed by atoms with Crippen LogP contribution in [0.25, 0.3) is 22.4 Å². The van der Waals surface area contributed by atoms with Crippen LogP contribution in [0.5, 0.6) is 5.75 Å². The lowest BCUT2D eigenvalue weighted by Gasteiger charge is -2.09. The second-order valence-corrected chi connectivity index (χ2v) is 8.82. The first kappa shape index (κ1) is 20.7. The van der Waals surface area contributed by atoms with E-state index in [1.54, 1.807) is 43.5 Å². The molecule has 9 heteroatoms. The molecular formula is C19H18Cl2N2O4S. The zero-order chi connectivity index (χ0) is 20.3. The molecule has 0 radical (unpaired) electrons. The summed E-state index contributed by atoms with van der Waals surface area (Å²) in [4.78, 5) is 0.230. The minimum atomic E-state index is -3.40. The summed E-state index contributed by atoms with van der Waals surface area (Å²) in [6.07, 6.45) is 0. The molecule has 0 saturated carbocycles. The van der Waals surface area contributed by atoms with Crippen LogP contribution in [0.3, 0.4) is 0 Å². The van der Waals surface area contributed by atoms with Crippen molar-refractivity contribution in [3.63, 3.8) is 0 Å². The SMILES string of the molecule is COCCS(=O)(=O)c1ccc(-c2[nH]nc(Cl)c2-c2ccc(OC)c(Cl)c2)cc1. The smallest absolute Gasteiger partial charge is 0.180 e. The van der Waals surface area contributed by atoms with Gasteiger partial charge < -0.3 is 9.47 Å². The number of H-pyrrole nitrogens is 1. The molecule has 0 amide bonds. The number of halogens is 2. The number of ether oxygens (including phenoxy) is 2. The van der Waals surface area contributed by atoms with Crippen LogP contribution in [0.15, 0.2) is 47.4 Å². The van der Waals surface area contributed by atoms with Crippen molar-refractivity contribution < 1.29 is 17.9 Å². The van der Waals surface area contributed by atoms with Crippen LogP contribution in [0.1, 0.15) is 0 Å². The van der Waals surface area contributed by atoms with E-state index in [2.05, 4.69) is 10.2 Å². The zero-order valence-electron chi connectivity index (χ0n) is 15.2. The number of nitrogens with zero attached hydrogens (tertiary/aromatic N) is 1. The highest BCUT2D eigenvalue weighted by Gasteiger charge is 2.18. The van der Waals surface area contributed by atoms with Gasteiger partial charge in [-0.3, -0.25) is 5.10 Å². The number of sulfone groups is 1. The lowest BCUT2D eigenvalue weighted by molar-refractivity contribution is 0.217. The number of rotatable bonds is 7. The highest BCUT2D eigenvalue weighted by molar-refractivity contribution is 7.91. The standard InChI is InChI=1S/C19H18Cl2N2O4S/c1-26-9-10-28(24,25)14-6-3-12(4-7-14)18-17(19(21)23-22-18)13-5-8-16(27-2)15(20)11-13/h3-8,11H,9-10H2,1-2H3,(H,22,23). The molecule has 0 aliphatic rings. The minimum absolute atomic E-state index is 0.0751. The van der Waals surface area contributed by atoms with E-state index >= 15 is 0 Å². The van der Waals surface area contributed by atoms with Gasteiger partial charge in [-0.1, -0.05) is 41.4 Å². The second kappa shape index (κ2) is 8.53. The van der Waals surface area contributed by atoms with Crippen molar-refractivity contribution >= 4 is 33.0 Å². The number of benzene rings is 2. The Labute approximate surface area is 173 Å². The summed E-state index contributed by atoms with van der Waals surface area (Å²) < 4.78 is 34.6. The highest BCUT2D eigenvalue weighted by atomic mass is 35.5. The number of aromatic nitrogens is 2. The van der Waals surface area contributed by atoms with Crippen molar-refractivity contribution in [2.45, 2.75) is 4.90 Å². The molecular weight excluding hydrogens is 423 g/mol. The van der Waals surface area contributed by atoms with Gasteiger partial charge in [0, 0.05) is 18.2 Å². The first-order valence-electron chi connectivity index (χ1n) is 8.27. The normalized spacial score (nSPS) is 11.6. The van der Waals surface area contributed by atoms with Crippen LogP contribution in [-0.2, 0) is 14.6 Å². The molecule has 148 valence electrons. The summed E-state index contributed by atoms with van der Waals surface area (Å²) in [6.45, 7) is 0.141. The second-order valence-electron chi connectivity index (χ2n) is 5.95. The topological polar surface area (TPSA) is 81.3 Å². The summed E-state index contributed by atoms with van der Waals surface area (Å²) in [5, 5.41) is 7.72. The molecule has 0 bridgehead atoms. The maximum atomic E-state index is 12.3. The molecule has 3 rings (SSSR count). The Bertz CT molecular complexity index is 1080.